The average Bonchev–Trinajstić information content (AvgIpc) is 3.35. The normalized spacial score (nSPS) is 10.8. The minimum atomic E-state index is 0.469. The molecule has 4 rings (SSSR count). The van der Waals surface area contributed by atoms with Gasteiger partial charge in [-0.15, -0.1) is 11.3 Å². The topological polar surface area (TPSA) is 87.6 Å². The van der Waals surface area contributed by atoms with Gasteiger partial charge in [-0.1, -0.05) is 49.4 Å². The molecule has 2 heterocycles. The van der Waals surface area contributed by atoms with Crippen LogP contribution in [0.4, 0.5) is 16.6 Å². The van der Waals surface area contributed by atoms with E-state index in [1.165, 1.54) is 28.2 Å². The van der Waals surface area contributed by atoms with Crippen molar-refractivity contribution in [2.24, 2.45) is 0 Å². The number of nitrogens with two attached hydrogens (primary N) is 1. The number of nitrogen functional groups attached to an aromatic ring is 1. The Morgan fingerprint density at radius 1 is 1.03 bits per heavy atom. The molecule has 144 valence electrons. The first-order valence-corrected chi connectivity index (χ1v) is 10.8. The smallest absolute Gasteiger partial charge is 0.189 e. The van der Waals surface area contributed by atoms with Gasteiger partial charge in [-0.25, -0.2) is 9.97 Å². The van der Waals surface area contributed by atoms with Gasteiger partial charge in [0.25, 0.3) is 0 Å². The Labute approximate surface area is 177 Å². The third kappa shape index (κ3) is 4.14. The number of nitrogens with one attached hydrogen (secondary N) is 1. The summed E-state index contributed by atoms with van der Waals surface area (Å²) in [4.78, 5) is 10.0. The van der Waals surface area contributed by atoms with Crippen molar-refractivity contribution in [2.45, 2.75) is 19.8 Å². The van der Waals surface area contributed by atoms with Gasteiger partial charge < -0.3 is 11.1 Å². The van der Waals surface area contributed by atoms with E-state index < -0.39 is 0 Å². The lowest BCUT2D eigenvalue weighted by Crippen LogP contribution is -1.92. The number of nitrogens with zero attached hydrogens (tertiary/aromatic N) is 3. The van der Waals surface area contributed by atoms with Crippen molar-refractivity contribution >= 4 is 39.3 Å². The van der Waals surface area contributed by atoms with Gasteiger partial charge in [-0.3, -0.25) is 0 Å². The molecule has 0 radical (unpaired) electrons. The van der Waals surface area contributed by atoms with E-state index in [1.54, 1.807) is 12.1 Å². The summed E-state index contributed by atoms with van der Waals surface area (Å²) < 4.78 is 0. The molecule has 2 aromatic carbocycles. The van der Waals surface area contributed by atoms with Crippen LogP contribution in [0.2, 0.25) is 0 Å². The van der Waals surface area contributed by atoms with E-state index >= 15 is 0 Å². The van der Waals surface area contributed by atoms with Crippen molar-refractivity contribution in [3.8, 4) is 27.2 Å². The van der Waals surface area contributed by atoms with E-state index in [2.05, 4.69) is 54.5 Å². The second-order valence-electron chi connectivity index (χ2n) is 6.86. The van der Waals surface area contributed by atoms with Crippen LogP contribution in [0.25, 0.3) is 21.1 Å². The van der Waals surface area contributed by atoms with Crippen LogP contribution in [0.1, 0.15) is 30.9 Å². The monoisotopic (exact) mass is 417 g/mol. The summed E-state index contributed by atoms with van der Waals surface area (Å²) in [6.07, 6.45) is 0. The minimum Gasteiger partial charge on any atom is -0.382 e. The second kappa shape index (κ2) is 8.03. The SMILES string of the molecule is CC(C)c1ccc(Nc2nc(N)c(-c3nc(-c4ccc(C#N)cc4)cs3)s2)cc1. The van der Waals surface area contributed by atoms with E-state index in [4.69, 9.17) is 16.0 Å². The molecule has 0 aliphatic carbocycles. The molecule has 0 saturated heterocycles. The highest BCUT2D eigenvalue weighted by Crippen LogP contribution is 2.39. The number of nitriles is 1. The van der Waals surface area contributed by atoms with E-state index in [-0.39, 0.29) is 0 Å². The molecule has 0 aliphatic rings. The molecule has 0 aliphatic heterocycles. The first kappa shape index (κ1) is 19.1. The summed E-state index contributed by atoms with van der Waals surface area (Å²) in [5, 5.41) is 15.8. The molecule has 0 atom stereocenters. The molecular formula is C22H19N5S2. The van der Waals surface area contributed by atoms with Crippen molar-refractivity contribution < 1.29 is 0 Å². The highest BCUT2D eigenvalue weighted by atomic mass is 32.1. The van der Waals surface area contributed by atoms with Crippen LogP contribution >= 0.6 is 22.7 Å². The molecule has 29 heavy (non-hydrogen) atoms. The number of hydrogen-bond donors (Lipinski definition) is 2. The molecular weight excluding hydrogens is 398 g/mol. The maximum atomic E-state index is 8.94. The summed E-state index contributed by atoms with van der Waals surface area (Å²) in [7, 11) is 0. The summed E-state index contributed by atoms with van der Waals surface area (Å²) in [5.74, 6) is 0.971. The molecule has 7 heteroatoms. The lowest BCUT2D eigenvalue weighted by Gasteiger charge is -2.07. The number of aromatic nitrogens is 2. The van der Waals surface area contributed by atoms with Gasteiger partial charge in [0.1, 0.15) is 15.7 Å². The lowest BCUT2D eigenvalue weighted by atomic mass is 10.0. The molecule has 0 amide bonds. The highest BCUT2D eigenvalue weighted by molar-refractivity contribution is 7.23. The van der Waals surface area contributed by atoms with E-state index in [0.717, 1.165) is 32.0 Å². The fraction of sp³-hybridized carbons (Fsp3) is 0.136. The van der Waals surface area contributed by atoms with Crippen LogP contribution in [0.15, 0.2) is 53.9 Å². The Bertz CT molecular complexity index is 1170. The number of anilines is 3. The quantitative estimate of drug-likeness (QED) is 0.400. The lowest BCUT2D eigenvalue weighted by molar-refractivity contribution is 0.867. The van der Waals surface area contributed by atoms with Crippen molar-refractivity contribution in [3.63, 3.8) is 0 Å². The van der Waals surface area contributed by atoms with Crippen LogP contribution < -0.4 is 11.1 Å². The molecule has 4 aromatic rings. The predicted molar refractivity (Wildman–Crippen MR) is 122 cm³/mol. The zero-order chi connectivity index (χ0) is 20.4. The van der Waals surface area contributed by atoms with E-state index in [0.29, 0.717) is 17.3 Å². The average molecular weight is 418 g/mol. The van der Waals surface area contributed by atoms with Crippen LogP contribution in [0, 0.1) is 11.3 Å². The van der Waals surface area contributed by atoms with Crippen LogP contribution in [0.5, 0.6) is 0 Å². The number of rotatable bonds is 5. The Kier molecular flexibility index (Phi) is 5.30. The van der Waals surface area contributed by atoms with Crippen molar-refractivity contribution in [3.05, 3.63) is 65.0 Å². The first-order valence-electron chi connectivity index (χ1n) is 9.13. The fourth-order valence-corrected chi connectivity index (χ4v) is 4.67. The van der Waals surface area contributed by atoms with Crippen LogP contribution in [-0.4, -0.2) is 9.97 Å². The maximum Gasteiger partial charge on any atom is 0.189 e. The van der Waals surface area contributed by atoms with Crippen LogP contribution in [0.3, 0.4) is 0 Å². The Hall–Kier alpha value is -3.21. The summed E-state index contributed by atoms with van der Waals surface area (Å²) >= 11 is 3.02. The van der Waals surface area contributed by atoms with Gasteiger partial charge >= 0.3 is 0 Å². The summed E-state index contributed by atoms with van der Waals surface area (Å²) in [6.45, 7) is 4.35. The van der Waals surface area contributed by atoms with Crippen molar-refractivity contribution in [1.82, 2.24) is 9.97 Å². The maximum absolute atomic E-state index is 8.94. The Balaban J connectivity index is 1.55. The highest BCUT2D eigenvalue weighted by Gasteiger charge is 2.15. The minimum absolute atomic E-state index is 0.469. The van der Waals surface area contributed by atoms with Crippen molar-refractivity contribution in [2.75, 3.05) is 11.1 Å². The van der Waals surface area contributed by atoms with Gasteiger partial charge in [0, 0.05) is 16.6 Å². The zero-order valence-electron chi connectivity index (χ0n) is 16.0. The van der Waals surface area contributed by atoms with Gasteiger partial charge in [0.05, 0.1) is 17.3 Å². The second-order valence-corrected chi connectivity index (χ2v) is 8.72. The van der Waals surface area contributed by atoms with Crippen molar-refractivity contribution in [1.29, 1.82) is 5.26 Å². The zero-order valence-corrected chi connectivity index (χ0v) is 17.6. The first-order chi connectivity index (χ1) is 14.0. The van der Waals surface area contributed by atoms with Gasteiger partial charge in [-0.2, -0.15) is 5.26 Å². The van der Waals surface area contributed by atoms with Gasteiger partial charge in [-0.05, 0) is 35.7 Å². The number of hydrogen-bond acceptors (Lipinski definition) is 7. The summed E-state index contributed by atoms with van der Waals surface area (Å²) in [6, 6.07) is 17.9. The molecule has 0 bridgehead atoms. The molecule has 0 unspecified atom stereocenters. The molecule has 5 nitrogen and oxygen atoms in total. The van der Waals surface area contributed by atoms with Gasteiger partial charge in [0.2, 0.25) is 0 Å². The molecule has 0 fully saturated rings. The Morgan fingerprint density at radius 2 is 1.76 bits per heavy atom. The Morgan fingerprint density at radius 3 is 2.41 bits per heavy atom. The summed E-state index contributed by atoms with van der Waals surface area (Å²) in [5.41, 5.74) is 10.9. The molecule has 2 aromatic heterocycles. The molecule has 3 N–H and O–H groups in total. The number of benzene rings is 2. The molecule has 0 spiro atoms. The largest absolute Gasteiger partial charge is 0.382 e. The fourth-order valence-electron chi connectivity index (χ4n) is 2.84. The predicted octanol–water partition coefficient (Wildman–Crippen LogP) is 6.25. The third-order valence-corrected chi connectivity index (χ3v) is 6.47. The third-order valence-electron chi connectivity index (χ3n) is 4.49. The van der Waals surface area contributed by atoms with Gasteiger partial charge in [0.15, 0.2) is 5.13 Å². The van der Waals surface area contributed by atoms with E-state index in [9.17, 15) is 0 Å². The number of thiazole rings is 2. The standard InChI is InChI=1S/C22H19N5S2/c1-13(2)15-7-9-17(10-8-15)25-22-27-20(24)19(29-22)21-26-18(12-28-21)16-5-3-14(11-23)4-6-16/h3-10,12-13H,24H2,1-2H3,(H,25,27). The molecule has 0 saturated carbocycles. The van der Waals surface area contributed by atoms with Crippen LogP contribution in [-0.2, 0) is 0 Å². The van der Waals surface area contributed by atoms with E-state index in [1.807, 2.05) is 17.5 Å².